The van der Waals surface area contributed by atoms with Crippen LogP contribution in [0, 0.1) is 6.92 Å². The number of carbonyl (C=O) groups excluding carboxylic acids is 1. The predicted octanol–water partition coefficient (Wildman–Crippen LogP) is 0.691. The number of aliphatic hydroxyl groups is 1. The van der Waals surface area contributed by atoms with E-state index < -0.39 is 12.1 Å². The largest absolute Gasteiger partial charge is 0.463 e. The Bertz CT molecular complexity index is 129. The lowest BCUT2D eigenvalue weighted by molar-refractivity contribution is -0.137. The molecule has 0 fully saturated rings. The lowest BCUT2D eigenvalue weighted by atomic mass is 10.2. The van der Waals surface area contributed by atoms with Gasteiger partial charge >= 0.3 is 5.97 Å². The maximum absolute atomic E-state index is 10.4. The molecule has 0 aromatic carbocycles. The van der Waals surface area contributed by atoms with E-state index in [2.05, 4.69) is 18.2 Å². The molecule has 0 aliphatic carbocycles. The molecule has 1 radical (unpaired) electrons. The van der Waals surface area contributed by atoms with Crippen LogP contribution in [0.4, 0.5) is 0 Å². The minimum atomic E-state index is -0.572. The molecular weight excluding hydrogens is 144 g/mol. The standard InChI is InChI=1S/C8H13O3/c1-3-8(10)11-6-4-5-7(2)9/h3,7,9H,1-2,4-6H2. The van der Waals surface area contributed by atoms with E-state index in [1.54, 1.807) is 0 Å². The van der Waals surface area contributed by atoms with Gasteiger partial charge in [0.15, 0.2) is 0 Å². The molecule has 0 saturated carbocycles. The monoisotopic (exact) mass is 157 g/mol. The third-order valence-electron chi connectivity index (χ3n) is 1.09. The molecule has 1 unspecified atom stereocenters. The van der Waals surface area contributed by atoms with E-state index in [4.69, 9.17) is 5.11 Å². The first-order chi connectivity index (χ1) is 5.16. The molecule has 0 aromatic rings. The van der Waals surface area contributed by atoms with Crippen molar-refractivity contribution in [1.82, 2.24) is 0 Å². The Labute approximate surface area is 66.7 Å². The third-order valence-corrected chi connectivity index (χ3v) is 1.09. The molecule has 1 atom stereocenters. The summed E-state index contributed by atoms with van der Waals surface area (Å²) >= 11 is 0. The van der Waals surface area contributed by atoms with E-state index in [0.29, 0.717) is 19.4 Å². The third kappa shape index (κ3) is 7.06. The first-order valence-electron chi connectivity index (χ1n) is 3.47. The smallest absolute Gasteiger partial charge is 0.330 e. The van der Waals surface area contributed by atoms with Gasteiger partial charge in [-0.25, -0.2) is 4.79 Å². The van der Waals surface area contributed by atoms with Crippen molar-refractivity contribution in [3.8, 4) is 0 Å². The minimum Gasteiger partial charge on any atom is -0.463 e. The lowest BCUT2D eigenvalue weighted by Crippen LogP contribution is -2.05. The maximum atomic E-state index is 10.4. The second-order valence-corrected chi connectivity index (χ2v) is 2.17. The van der Waals surface area contributed by atoms with Crippen molar-refractivity contribution in [2.24, 2.45) is 0 Å². The van der Waals surface area contributed by atoms with Gasteiger partial charge < -0.3 is 9.84 Å². The summed E-state index contributed by atoms with van der Waals surface area (Å²) in [6, 6.07) is 0. The molecule has 0 heterocycles. The molecule has 3 heteroatoms. The topological polar surface area (TPSA) is 46.5 Å². The second-order valence-electron chi connectivity index (χ2n) is 2.17. The highest BCUT2D eigenvalue weighted by molar-refractivity contribution is 5.81. The first-order valence-corrected chi connectivity index (χ1v) is 3.47. The van der Waals surface area contributed by atoms with Crippen LogP contribution in [-0.2, 0) is 9.53 Å². The van der Waals surface area contributed by atoms with Crippen LogP contribution in [0.15, 0.2) is 12.7 Å². The van der Waals surface area contributed by atoms with Gasteiger partial charge in [0.05, 0.1) is 12.7 Å². The molecule has 1 N–H and O–H groups in total. The van der Waals surface area contributed by atoms with E-state index in [0.717, 1.165) is 6.08 Å². The average Bonchev–Trinajstić information content (AvgIpc) is 1.97. The van der Waals surface area contributed by atoms with Crippen molar-refractivity contribution in [2.75, 3.05) is 6.61 Å². The van der Waals surface area contributed by atoms with Crippen LogP contribution in [0.25, 0.3) is 0 Å². The zero-order chi connectivity index (χ0) is 8.69. The van der Waals surface area contributed by atoms with Crippen LogP contribution >= 0.6 is 0 Å². The number of aliphatic hydroxyl groups excluding tert-OH is 1. The maximum Gasteiger partial charge on any atom is 0.330 e. The van der Waals surface area contributed by atoms with E-state index in [1.165, 1.54) is 0 Å². The van der Waals surface area contributed by atoms with Crippen molar-refractivity contribution in [3.63, 3.8) is 0 Å². The Hall–Kier alpha value is -0.830. The molecule has 0 saturated heterocycles. The van der Waals surface area contributed by atoms with Crippen molar-refractivity contribution in [1.29, 1.82) is 0 Å². The van der Waals surface area contributed by atoms with Gasteiger partial charge in [-0.2, -0.15) is 0 Å². The second kappa shape index (κ2) is 5.92. The zero-order valence-electron chi connectivity index (χ0n) is 6.45. The lowest BCUT2D eigenvalue weighted by Gasteiger charge is -2.03. The van der Waals surface area contributed by atoms with E-state index in [1.807, 2.05) is 0 Å². The van der Waals surface area contributed by atoms with Crippen LogP contribution < -0.4 is 0 Å². The van der Waals surface area contributed by atoms with Crippen molar-refractivity contribution in [2.45, 2.75) is 18.9 Å². The van der Waals surface area contributed by atoms with Gasteiger partial charge in [-0.05, 0) is 19.8 Å². The normalized spacial score (nSPS) is 12.2. The van der Waals surface area contributed by atoms with Gasteiger partial charge in [0.2, 0.25) is 0 Å². The minimum absolute atomic E-state index is 0.317. The molecular formula is C8H13O3. The Morgan fingerprint density at radius 1 is 1.73 bits per heavy atom. The summed E-state index contributed by atoms with van der Waals surface area (Å²) in [5, 5.41) is 8.70. The van der Waals surface area contributed by atoms with Gasteiger partial charge in [0.25, 0.3) is 0 Å². The van der Waals surface area contributed by atoms with Crippen LogP contribution in [0.1, 0.15) is 12.8 Å². The number of hydrogen-bond donors (Lipinski definition) is 1. The quantitative estimate of drug-likeness (QED) is 0.363. The summed E-state index contributed by atoms with van der Waals surface area (Å²) in [7, 11) is 0. The number of hydrogen-bond acceptors (Lipinski definition) is 3. The molecule has 0 aromatic heterocycles. The summed E-state index contributed by atoms with van der Waals surface area (Å²) in [6.45, 7) is 6.93. The Balaban J connectivity index is 3.14. The average molecular weight is 157 g/mol. The van der Waals surface area contributed by atoms with Crippen LogP contribution in [0.3, 0.4) is 0 Å². The fraction of sp³-hybridized carbons (Fsp3) is 0.500. The number of rotatable bonds is 5. The van der Waals surface area contributed by atoms with Crippen LogP contribution in [-0.4, -0.2) is 23.8 Å². The Morgan fingerprint density at radius 2 is 2.36 bits per heavy atom. The summed E-state index contributed by atoms with van der Waals surface area (Å²) in [6.07, 6.45) is 1.72. The van der Waals surface area contributed by atoms with E-state index >= 15 is 0 Å². The number of carbonyl (C=O) groups is 1. The summed E-state index contributed by atoms with van der Waals surface area (Å²) in [5.74, 6) is -0.427. The summed E-state index contributed by atoms with van der Waals surface area (Å²) < 4.78 is 4.65. The van der Waals surface area contributed by atoms with Gasteiger partial charge in [-0.15, -0.1) is 0 Å². The molecule has 3 nitrogen and oxygen atoms in total. The van der Waals surface area contributed by atoms with E-state index in [9.17, 15) is 4.79 Å². The Morgan fingerprint density at radius 3 is 2.82 bits per heavy atom. The van der Waals surface area contributed by atoms with Gasteiger partial charge in [-0.3, -0.25) is 0 Å². The van der Waals surface area contributed by atoms with Crippen molar-refractivity contribution < 1.29 is 14.6 Å². The van der Waals surface area contributed by atoms with Gasteiger partial charge in [0.1, 0.15) is 0 Å². The Kier molecular flexibility index (Phi) is 5.47. The van der Waals surface area contributed by atoms with Gasteiger partial charge in [-0.1, -0.05) is 6.58 Å². The SMILES string of the molecule is [CH2]C(O)CCCOC(=O)C=C. The molecule has 0 aliphatic rings. The highest BCUT2D eigenvalue weighted by Gasteiger charge is 1.97. The first kappa shape index (κ1) is 10.2. The van der Waals surface area contributed by atoms with E-state index in [-0.39, 0.29) is 0 Å². The number of esters is 1. The highest BCUT2D eigenvalue weighted by Crippen LogP contribution is 1.95. The molecule has 0 amide bonds. The molecule has 0 rings (SSSR count). The fourth-order valence-electron chi connectivity index (χ4n) is 0.551. The summed E-state index contributed by atoms with van der Waals surface area (Å²) in [4.78, 5) is 10.4. The molecule has 0 spiro atoms. The fourth-order valence-corrected chi connectivity index (χ4v) is 0.551. The molecule has 0 aliphatic heterocycles. The van der Waals surface area contributed by atoms with Crippen LogP contribution in [0.5, 0.6) is 0 Å². The molecule has 63 valence electrons. The zero-order valence-corrected chi connectivity index (χ0v) is 6.45. The highest BCUT2D eigenvalue weighted by atomic mass is 16.5. The molecule has 0 bridgehead atoms. The predicted molar refractivity (Wildman–Crippen MR) is 41.8 cm³/mol. The van der Waals surface area contributed by atoms with Gasteiger partial charge in [0, 0.05) is 6.08 Å². The molecule has 11 heavy (non-hydrogen) atoms. The van der Waals surface area contributed by atoms with Crippen LogP contribution in [0.2, 0.25) is 0 Å². The van der Waals surface area contributed by atoms with Crippen molar-refractivity contribution >= 4 is 5.97 Å². The van der Waals surface area contributed by atoms with Crippen molar-refractivity contribution in [3.05, 3.63) is 19.6 Å². The summed E-state index contributed by atoms with van der Waals surface area (Å²) in [5.41, 5.74) is 0. The number of ether oxygens (including phenoxy) is 1.